The number of methoxy groups -OCH3 is 1. The minimum atomic E-state index is -0.0934. The molecule has 0 bridgehead atoms. The van der Waals surface area contributed by atoms with E-state index in [0.717, 1.165) is 6.42 Å². The topological polar surface area (TPSA) is 24.5 Å². The lowest BCUT2D eigenvalue weighted by molar-refractivity contribution is 0.0128. The van der Waals surface area contributed by atoms with E-state index in [2.05, 4.69) is 70.2 Å². The average Bonchev–Trinajstić information content (AvgIpc) is 2.30. The van der Waals surface area contributed by atoms with Gasteiger partial charge in [0.1, 0.15) is 0 Å². The number of ether oxygens (including phenoxy) is 1. The van der Waals surface area contributed by atoms with Gasteiger partial charge in [0.05, 0.1) is 5.60 Å². The van der Waals surface area contributed by atoms with Gasteiger partial charge in [0.2, 0.25) is 0 Å². The van der Waals surface area contributed by atoms with Crippen LogP contribution in [0.25, 0.3) is 0 Å². The smallest absolute Gasteiger partial charge is 0.0642 e. The van der Waals surface area contributed by atoms with Gasteiger partial charge < -0.3 is 15.0 Å². The van der Waals surface area contributed by atoms with Crippen molar-refractivity contribution in [1.82, 2.24) is 0 Å². The molecular formula is C16H28N2O. The first-order valence-corrected chi connectivity index (χ1v) is 6.85. The maximum atomic E-state index is 5.48. The normalized spacial score (nSPS) is 13.2. The van der Waals surface area contributed by atoms with Crippen molar-refractivity contribution in [3.05, 3.63) is 23.8 Å². The molecule has 0 fully saturated rings. The Hall–Kier alpha value is -1.22. The number of anilines is 2. The minimum absolute atomic E-state index is 0.0934. The fraction of sp³-hybridized carbons (Fsp3) is 0.625. The average molecular weight is 264 g/mol. The van der Waals surface area contributed by atoms with Gasteiger partial charge in [-0.15, -0.1) is 0 Å². The van der Waals surface area contributed by atoms with E-state index in [4.69, 9.17) is 4.74 Å². The molecule has 1 aromatic rings. The third kappa shape index (κ3) is 4.75. The number of hydrogen-bond donors (Lipinski definition) is 1. The number of hydrogen-bond acceptors (Lipinski definition) is 3. The third-order valence-electron chi connectivity index (χ3n) is 3.48. The van der Waals surface area contributed by atoms with E-state index in [1.807, 2.05) is 0 Å². The second-order valence-corrected chi connectivity index (χ2v) is 6.11. The van der Waals surface area contributed by atoms with Crippen LogP contribution in [0.5, 0.6) is 0 Å². The molecule has 0 saturated carbocycles. The largest absolute Gasteiger partial charge is 0.382 e. The molecule has 3 nitrogen and oxygen atoms in total. The minimum Gasteiger partial charge on any atom is -0.382 e. The molecule has 0 aliphatic carbocycles. The van der Waals surface area contributed by atoms with Crippen LogP contribution in [0.15, 0.2) is 18.2 Å². The zero-order chi connectivity index (χ0) is 14.6. The second kappa shape index (κ2) is 6.29. The number of aryl methyl sites for hydroxylation is 1. The zero-order valence-corrected chi connectivity index (χ0v) is 13.4. The first-order chi connectivity index (χ1) is 8.75. The van der Waals surface area contributed by atoms with Crippen molar-refractivity contribution in [3.8, 4) is 0 Å². The molecule has 1 unspecified atom stereocenters. The Morgan fingerprint density at radius 2 is 1.95 bits per heavy atom. The molecular weight excluding hydrogens is 236 g/mol. The molecule has 0 spiro atoms. The van der Waals surface area contributed by atoms with E-state index in [9.17, 15) is 0 Å². The Balaban J connectivity index is 2.72. The molecule has 0 radical (unpaired) electrons. The van der Waals surface area contributed by atoms with Crippen LogP contribution in [0.3, 0.4) is 0 Å². The summed E-state index contributed by atoms with van der Waals surface area (Å²) in [4.78, 5) is 2.12. The standard InChI is InChI=1S/C16H28N2O/c1-12-10-14(18(5)6)8-9-15(12)17-13(2)11-16(3,4)19-7/h8-10,13,17H,11H2,1-7H3. The van der Waals surface area contributed by atoms with E-state index in [0.29, 0.717) is 6.04 Å². The first kappa shape index (κ1) is 15.8. The van der Waals surface area contributed by atoms with Gasteiger partial charge >= 0.3 is 0 Å². The van der Waals surface area contributed by atoms with Crippen LogP contribution in [0, 0.1) is 6.92 Å². The van der Waals surface area contributed by atoms with Crippen LogP contribution in [0.4, 0.5) is 11.4 Å². The Morgan fingerprint density at radius 1 is 1.32 bits per heavy atom. The lowest BCUT2D eigenvalue weighted by atomic mass is 9.99. The quantitative estimate of drug-likeness (QED) is 0.848. The van der Waals surface area contributed by atoms with Crippen LogP contribution in [0.2, 0.25) is 0 Å². The van der Waals surface area contributed by atoms with Gasteiger partial charge in [0.15, 0.2) is 0 Å². The van der Waals surface area contributed by atoms with Crippen molar-refractivity contribution in [3.63, 3.8) is 0 Å². The molecule has 1 aromatic carbocycles. The molecule has 1 N–H and O–H groups in total. The van der Waals surface area contributed by atoms with Crippen molar-refractivity contribution >= 4 is 11.4 Å². The molecule has 3 heteroatoms. The van der Waals surface area contributed by atoms with Gasteiger partial charge in [-0.2, -0.15) is 0 Å². The molecule has 0 aliphatic rings. The summed E-state index contributed by atoms with van der Waals surface area (Å²) >= 11 is 0. The maximum absolute atomic E-state index is 5.48. The highest BCUT2D eigenvalue weighted by Gasteiger charge is 2.20. The van der Waals surface area contributed by atoms with Crippen LogP contribution < -0.4 is 10.2 Å². The summed E-state index contributed by atoms with van der Waals surface area (Å²) in [5.74, 6) is 0. The monoisotopic (exact) mass is 264 g/mol. The van der Waals surface area contributed by atoms with Gasteiger partial charge in [-0.05, 0) is 57.9 Å². The second-order valence-electron chi connectivity index (χ2n) is 6.11. The van der Waals surface area contributed by atoms with Crippen LogP contribution in [-0.4, -0.2) is 32.8 Å². The van der Waals surface area contributed by atoms with Gasteiger partial charge in [0, 0.05) is 38.6 Å². The van der Waals surface area contributed by atoms with Crippen LogP contribution in [0.1, 0.15) is 32.8 Å². The van der Waals surface area contributed by atoms with Crippen molar-refractivity contribution in [2.24, 2.45) is 0 Å². The van der Waals surface area contributed by atoms with E-state index < -0.39 is 0 Å². The number of benzene rings is 1. The summed E-state index contributed by atoms with van der Waals surface area (Å²) < 4.78 is 5.48. The van der Waals surface area contributed by atoms with Crippen molar-refractivity contribution in [1.29, 1.82) is 0 Å². The molecule has 0 aromatic heterocycles. The van der Waals surface area contributed by atoms with Crippen molar-refractivity contribution < 1.29 is 4.74 Å². The third-order valence-corrected chi connectivity index (χ3v) is 3.48. The Bertz CT molecular complexity index is 413. The van der Waals surface area contributed by atoms with Crippen molar-refractivity contribution in [2.45, 2.75) is 45.8 Å². The van der Waals surface area contributed by atoms with Gasteiger partial charge in [-0.1, -0.05) is 0 Å². The fourth-order valence-electron chi connectivity index (χ4n) is 2.23. The lowest BCUT2D eigenvalue weighted by Gasteiger charge is -2.28. The SMILES string of the molecule is COC(C)(C)CC(C)Nc1ccc(N(C)C)cc1C. The van der Waals surface area contributed by atoms with E-state index >= 15 is 0 Å². The van der Waals surface area contributed by atoms with Crippen LogP contribution in [-0.2, 0) is 4.74 Å². The van der Waals surface area contributed by atoms with Gasteiger partial charge in [-0.25, -0.2) is 0 Å². The molecule has 108 valence electrons. The maximum Gasteiger partial charge on any atom is 0.0642 e. The summed E-state index contributed by atoms with van der Waals surface area (Å²) in [6.45, 7) is 8.57. The Labute approximate surface area is 118 Å². The highest BCUT2D eigenvalue weighted by Crippen LogP contribution is 2.24. The predicted molar refractivity (Wildman–Crippen MR) is 84.3 cm³/mol. The van der Waals surface area contributed by atoms with E-state index in [1.54, 1.807) is 7.11 Å². The molecule has 1 atom stereocenters. The number of nitrogens with zero attached hydrogens (tertiary/aromatic N) is 1. The predicted octanol–water partition coefficient (Wildman–Crippen LogP) is 3.68. The van der Waals surface area contributed by atoms with E-state index in [-0.39, 0.29) is 5.60 Å². The molecule has 1 rings (SSSR count). The summed E-state index contributed by atoms with van der Waals surface area (Å²) in [6.07, 6.45) is 0.971. The highest BCUT2D eigenvalue weighted by molar-refractivity contribution is 5.60. The highest BCUT2D eigenvalue weighted by atomic mass is 16.5. The molecule has 0 amide bonds. The summed E-state index contributed by atoms with van der Waals surface area (Å²) in [7, 11) is 5.89. The summed E-state index contributed by atoms with van der Waals surface area (Å²) in [5, 5.41) is 3.57. The summed E-state index contributed by atoms with van der Waals surface area (Å²) in [5.41, 5.74) is 3.61. The molecule has 0 saturated heterocycles. The Morgan fingerprint density at radius 3 is 2.42 bits per heavy atom. The molecule has 19 heavy (non-hydrogen) atoms. The number of rotatable bonds is 6. The lowest BCUT2D eigenvalue weighted by Crippen LogP contribution is -2.31. The first-order valence-electron chi connectivity index (χ1n) is 6.85. The van der Waals surface area contributed by atoms with Crippen molar-refractivity contribution in [2.75, 3.05) is 31.4 Å². The fourth-order valence-corrected chi connectivity index (χ4v) is 2.23. The van der Waals surface area contributed by atoms with E-state index in [1.165, 1.54) is 16.9 Å². The Kier molecular flexibility index (Phi) is 5.24. The van der Waals surface area contributed by atoms with Crippen LogP contribution >= 0.6 is 0 Å². The summed E-state index contributed by atoms with van der Waals surface area (Å²) in [6, 6.07) is 6.87. The number of nitrogens with one attached hydrogen (secondary N) is 1. The molecule has 0 aliphatic heterocycles. The van der Waals surface area contributed by atoms with Gasteiger partial charge in [0.25, 0.3) is 0 Å². The van der Waals surface area contributed by atoms with Gasteiger partial charge in [-0.3, -0.25) is 0 Å². The molecule has 0 heterocycles. The zero-order valence-electron chi connectivity index (χ0n) is 13.4.